The van der Waals surface area contributed by atoms with E-state index < -0.39 is 0 Å². The largest absolute Gasteiger partial charge is 0.313 e. The summed E-state index contributed by atoms with van der Waals surface area (Å²) in [7, 11) is 2.00. The molecule has 0 bridgehead atoms. The maximum atomic E-state index is 3.63. The average molecular weight is 448 g/mol. The molecule has 0 aliphatic rings. The van der Waals surface area contributed by atoms with Crippen LogP contribution in [0.1, 0.15) is 17.2 Å². The zero-order valence-electron chi connectivity index (χ0n) is 10.5. The van der Waals surface area contributed by atoms with Crippen molar-refractivity contribution < 1.29 is 0 Å². The van der Waals surface area contributed by atoms with Gasteiger partial charge in [-0.3, -0.25) is 0 Å². The van der Waals surface area contributed by atoms with Gasteiger partial charge in [0.05, 0.1) is 0 Å². The van der Waals surface area contributed by atoms with Crippen molar-refractivity contribution in [1.82, 2.24) is 5.32 Å². The third-order valence-corrected chi connectivity index (χ3v) is 4.72. The molecule has 0 aliphatic heterocycles. The zero-order valence-corrected chi connectivity index (χ0v) is 15.2. The minimum absolute atomic E-state index is 0.279. The minimum atomic E-state index is 0.279. The minimum Gasteiger partial charge on any atom is -0.313 e. The van der Waals surface area contributed by atoms with Crippen LogP contribution >= 0.6 is 47.8 Å². The van der Waals surface area contributed by atoms with E-state index >= 15 is 0 Å². The van der Waals surface area contributed by atoms with E-state index in [1.54, 1.807) is 0 Å². The molecule has 2 aromatic carbocycles. The van der Waals surface area contributed by atoms with Gasteiger partial charge in [0, 0.05) is 19.5 Å². The van der Waals surface area contributed by atoms with Gasteiger partial charge in [0.1, 0.15) is 0 Å². The van der Waals surface area contributed by atoms with Crippen LogP contribution in [-0.2, 0) is 6.42 Å². The molecular formula is C15H14Br3N. The second-order valence-electron chi connectivity index (χ2n) is 4.34. The van der Waals surface area contributed by atoms with Gasteiger partial charge < -0.3 is 5.32 Å². The molecule has 2 rings (SSSR count). The van der Waals surface area contributed by atoms with Gasteiger partial charge >= 0.3 is 0 Å². The van der Waals surface area contributed by atoms with Crippen molar-refractivity contribution in [3.8, 4) is 0 Å². The van der Waals surface area contributed by atoms with Crippen molar-refractivity contribution in [2.24, 2.45) is 0 Å². The third kappa shape index (κ3) is 4.15. The molecule has 0 fully saturated rings. The van der Waals surface area contributed by atoms with E-state index in [-0.39, 0.29) is 6.04 Å². The summed E-state index contributed by atoms with van der Waals surface area (Å²) in [5, 5.41) is 3.39. The smallest absolute Gasteiger partial charge is 0.0370 e. The first-order chi connectivity index (χ1) is 9.10. The van der Waals surface area contributed by atoms with Gasteiger partial charge in [0.2, 0.25) is 0 Å². The van der Waals surface area contributed by atoms with Crippen LogP contribution < -0.4 is 5.32 Å². The topological polar surface area (TPSA) is 12.0 Å². The summed E-state index contributed by atoms with van der Waals surface area (Å²) in [5.74, 6) is 0. The van der Waals surface area contributed by atoms with E-state index in [0.29, 0.717) is 0 Å². The monoisotopic (exact) mass is 445 g/mol. The highest BCUT2D eigenvalue weighted by Crippen LogP contribution is 2.29. The van der Waals surface area contributed by atoms with Crippen molar-refractivity contribution in [1.29, 1.82) is 0 Å². The number of benzene rings is 2. The van der Waals surface area contributed by atoms with E-state index in [1.807, 2.05) is 19.2 Å². The second-order valence-corrected chi connectivity index (χ2v) is 7.03. The Kier molecular flexibility index (Phi) is 5.63. The van der Waals surface area contributed by atoms with E-state index in [4.69, 9.17) is 0 Å². The van der Waals surface area contributed by atoms with Gasteiger partial charge in [-0.15, -0.1) is 0 Å². The normalized spacial score (nSPS) is 12.4. The van der Waals surface area contributed by atoms with Gasteiger partial charge in [-0.2, -0.15) is 0 Å². The van der Waals surface area contributed by atoms with Crippen molar-refractivity contribution in [3.05, 3.63) is 67.0 Å². The molecule has 100 valence electrons. The number of likely N-dealkylation sites (N-methyl/N-ethyl adjacent to an activating group) is 1. The molecule has 2 aromatic rings. The van der Waals surface area contributed by atoms with E-state index in [1.165, 1.54) is 11.1 Å². The number of nitrogens with one attached hydrogen (secondary N) is 1. The lowest BCUT2D eigenvalue weighted by molar-refractivity contribution is 0.589. The van der Waals surface area contributed by atoms with Crippen LogP contribution in [0.25, 0.3) is 0 Å². The summed E-state index contributed by atoms with van der Waals surface area (Å²) in [6.45, 7) is 0. The number of halogens is 3. The van der Waals surface area contributed by atoms with Crippen molar-refractivity contribution >= 4 is 47.8 Å². The van der Waals surface area contributed by atoms with Crippen LogP contribution in [0.2, 0.25) is 0 Å². The molecule has 0 heterocycles. The molecule has 0 saturated heterocycles. The highest BCUT2D eigenvalue weighted by atomic mass is 79.9. The Morgan fingerprint density at radius 1 is 1.00 bits per heavy atom. The molecule has 0 saturated carbocycles. The summed E-state index contributed by atoms with van der Waals surface area (Å²) in [5.41, 5.74) is 2.57. The molecule has 0 spiro atoms. The first-order valence-electron chi connectivity index (χ1n) is 5.97. The van der Waals surface area contributed by atoms with Gasteiger partial charge in [0.15, 0.2) is 0 Å². The van der Waals surface area contributed by atoms with Gasteiger partial charge in [-0.25, -0.2) is 0 Å². The van der Waals surface area contributed by atoms with Crippen LogP contribution in [0, 0.1) is 0 Å². The third-order valence-electron chi connectivity index (χ3n) is 3.01. The summed E-state index contributed by atoms with van der Waals surface area (Å²) in [6, 6.07) is 15.0. The molecule has 4 heteroatoms. The first kappa shape index (κ1) is 15.2. The Labute approximate surface area is 139 Å². The average Bonchev–Trinajstić information content (AvgIpc) is 2.39. The van der Waals surface area contributed by atoms with Gasteiger partial charge in [-0.1, -0.05) is 59.9 Å². The molecular weight excluding hydrogens is 434 g/mol. The quantitative estimate of drug-likeness (QED) is 0.654. The second kappa shape index (κ2) is 7.02. The first-order valence-corrected chi connectivity index (χ1v) is 8.34. The van der Waals surface area contributed by atoms with Crippen molar-refractivity contribution in [2.45, 2.75) is 12.5 Å². The van der Waals surface area contributed by atoms with E-state index in [2.05, 4.69) is 83.4 Å². The van der Waals surface area contributed by atoms with Gasteiger partial charge in [-0.05, 0) is 54.9 Å². The molecule has 1 N–H and O–H groups in total. The fourth-order valence-corrected chi connectivity index (χ4v) is 3.40. The fraction of sp³-hybridized carbons (Fsp3) is 0.200. The lowest BCUT2D eigenvalue weighted by atomic mass is 9.99. The highest BCUT2D eigenvalue weighted by Gasteiger charge is 2.14. The Bertz CT molecular complexity index is 569. The molecule has 1 unspecified atom stereocenters. The Hall–Kier alpha value is -0.160. The Morgan fingerprint density at radius 2 is 1.74 bits per heavy atom. The molecule has 0 aromatic heterocycles. The maximum Gasteiger partial charge on any atom is 0.0370 e. The zero-order chi connectivity index (χ0) is 13.8. The van der Waals surface area contributed by atoms with Crippen LogP contribution in [-0.4, -0.2) is 7.05 Å². The molecule has 0 amide bonds. The maximum absolute atomic E-state index is 3.63. The summed E-state index contributed by atoms with van der Waals surface area (Å²) in [4.78, 5) is 0. The SMILES string of the molecule is CNC(Cc1cccc(Br)c1)c1cc(Br)ccc1Br. The molecule has 19 heavy (non-hydrogen) atoms. The number of hydrogen-bond acceptors (Lipinski definition) is 1. The molecule has 0 radical (unpaired) electrons. The standard InChI is InChI=1S/C15H14Br3N/c1-19-15(8-10-3-2-4-11(16)7-10)13-9-12(17)5-6-14(13)18/h2-7,9,15,19H,8H2,1H3. The lowest BCUT2D eigenvalue weighted by Gasteiger charge is -2.19. The number of hydrogen-bond donors (Lipinski definition) is 1. The summed E-state index contributed by atoms with van der Waals surface area (Å²) in [6.07, 6.45) is 0.949. The number of rotatable bonds is 4. The van der Waals surface area contributed by atoms with Crippen LogP contribution in [0.15, 0.2) is 55.9 Å². The van der Waals surface area contributed by atoms with Crippen LogP contribution in [0.5, 0.6) is 0 Å². The summed E-state index contributed by atoms with van der Waals surface area (Å²) >= 11 is 10.7. The highest BCUT2D eigenvalue weighted by molar-refractivity contribution is 9.11. The Balaban J connectivity index is 2.27. The predicted octanol–water partition coefficient (Wildman–Crippen LogP) is 5.48. The van der Waals surface area contributed by atoms with Crippen molar-refractivity contribution in [3.63, 3.8) is 0 Å². The van der Waals surface area contributed by atoms with E-state index in [0.717, 1.165) is 19.8 Å². The summed E-state index contributed by atoms with van der Waals surface area (Å²) < 4.78 is 3.35. The fourth-order valence-electron chi connectivity index (χ4n) is 2.05. The van der Waals surface area contributed by atoms with Gasteiger partial charge in [0.25, 0.3) is 0 Å². The van der Waals surface area contributed by atoms with Crippen LogP contribution in [0.3, 0.4) is 0 Å². The predicted molar refractivity (Wildman–Crippen MR) is 91.5 cm³/mol. The Morgan fingerprint density at radius 3 is 2.42 bits per heavy atom. The molecule has 1 atom stereocenters. The molecule has 0 aliphatic carbocycles. The van der Waals surface area contributed by atoms with Crippen molar-refractivity contribution in [2.75, 3.05) is 7.05 Å². The molecule has 1 nitrogen and oxygen atoms in total. The van der Waals surface area contributed by atoms with E-state index in [9.17, 15) is 0 Å². The van der Waals surface area contributed by atoms with Crippen LogP contribution in [0.4, 0.5) is 0 Å². The lowest BCUT2D eigenvalue weighted by Crippen LogP contribution is -2.19.